The zero-order valence-corrected chi connectivity index (χ0v) is 14.5. The van der Waals surface area contributed by atoms with Gasteiger partial charge in [0.25, 0.3) is 0 Å². The molecule has 0 heterocycles. The molecule has 0 atom stereocenters. The number of hydrogen-bond acceptors (Lipinski definition) is 4. The van der Waals surface area contributed by atoms with E-state index in [9.17, 15) is 4.79 Å². The summed E-state index contributed by atoms with van der Waals surface area (Å²) in [6, 6.07) is 15.7. The Balaban J connectivity index is 2.10. The smallest absolute Gasteiger partial charge is 0.310 e. The third kappa shape index (κ3) is 5.81. The van der Waals surface area contributed by atoms with Crippen LogP contribution in [0.15, 0.2) is 58.3 Å². The molecular formula is C18H19ClO3S. The molecule has 0 aliphatic heterocycles. The molecule has 0 aliphatic rings. The second kappa shape index (κ2) is 9.48. The van der Waals surface area contributed by atoms with Crippen LogP contribution in [0.25, 0.3) is 0 Å². The Kier molecular flexibility index (Phi) is 7.30. The fourth-order valence-electron chi connectivity index (χ4n) is 1.98. The maximum atomic E-state index is 11.5. The minimum Gasteiger partial charge on any atom is -0.494 e. The molecule has 122 valence electrons. The van der Waals surface area contributed by atoms with E-state index in [4.69, 9.17) is 21.1 Å². The van der Waals surface area contributed by atoms with Crippen molar-refractivity contribution in [3.05, 3.63) is 54.1 Å². The number of alkyl halides is 1. The Labute approximate surface area is 145 Å². The molecule has 2 aromatic carbocycles. The number of esters is 1. The third-order valence-corrected chi connectivity index (χ3v) is 4.49. The van der Waals surface area contributed by atoms with Gasteiger partial charge in [0.05, 0.1) is 20.1 Å². The van der Waals surface area contributed by atoms with Gasteiger partial charge >= 0.3 is 5.97 Å². The highest BCUT2D eigenvalue weighted by molar-refractivity contribution is 7.99. The third-order valence-electron chi connectivity index (χ3n) is 3.12. The van der Waals surface area contributed by atoms with E-state index in [0.29, 0.717) is 12.5 Å². The molecule has 0 saturated heterocycles. The van der Waals surface area contributed by atoms with Crippen molar-refractivity contribution >= 4 is 29.3 Å². The minimum atomic E-state index is -0.240. The van der Waals surface area contributed by atoms with Crippen molar-refractivity contribution < 1.29 is 14.3 Å². The zero-order chi connectivity index (χ0) is 16.5. The lowest BCUT2D eigenvalue weighted by molar-refractivity contribution is -0.139. The number of rotatable bonds is 8. The van der Waals surface area contributed by atoms with Gasteiger partial charge in [-0.15, -0.1) is 11.6 Å². The molecule has 2 aromatic rings. The van der Waals surface area contributed by atoms with Crippen LogP contribution in [0.1, 0.15) is 12.0 Å². The molecule has 5 heteroatoms. The average Bonchev–Trinajstić information content (AvgIpc) is 2.57. The quantitative estimate of drug-likeness (QED) is 0.397. The first-order chi connectivity index (χ1) is 11.2. The number of hydrogen-bond donors (Lipinski definition) is 0. The lowest BCUT2D eigenvalue weighted by Gasteiger charge is -2.10. The van der Waals surface area contributed by atoms with Gasteiger partial charge < -0.3 is 9.47 Å². The number of methoxy groups -OCH3 is 1. The summed E-state index contributed by atoms with van der Waals surface area (Å²) in [7, 11) is 1.40. The molecule has 0 aliphatic carbocycles. The highest BCUT2D eigenvalue weighted by atomic mass is 35.5. The second-order valence-corrected chi connectivity index (χ2v) is 6.32. The molecule has 23 heavy (non-hydrogen) atoms. The van der Waals surface area contributed by atoms with E-state index in [0.717, 1.165) is 27.5 Å². The molecule has 0 aromatic heterocycles. The zero-order valence-electron chi connectivity index (χ0n) is 13.0. The van der Waals surface area contributed by atoms with E-state index in [-0.39, 0.29) is 12.4 Å². The second-order valence-electron chi connectivity index (χ2n) is 4.83. The van der Waals surface area contributed by atoms with Crippen molar-refractivity contribution in [2.24, 2.45) is 0 Å². The van der Waals surface area contributed by atoms with Gasteiger partial charge in [0, 0.05) is 15.7 Å². The molecule has 0 bridgehead atoms. The molecule has 2 rings (SSSR count). The average molecular weight is 351 g/mol. The van der Waals surface area contributed by atoms with Crippen LogP contribution in [0.3, 0.4) is 0 Å². The van der Waals surface area contributed by atoms with E-state index < -0.39 is 0 Å². The van der Waals surface area contributed by atoms with Crippen molar-refractivity contribution in [2.45, 2.75) is 22.6 Å². The van der Waals surface area contributed by atoms with Crippen LogP contribution >= 0.6 is 23.4 Å². The Morgan fingerprint density at radius 3 is 2.78 bits per heavy atom. The van der Waals surface area contributed by atoms with Gasteiger partial charge in [-0.3, -0.25) is 4.79 Å². The van der Waals surface area contributed by atoms with Crippen molar-refractivity contribution in [1.82, 2.24) is 0 Å². The molecule has 0 N–H and O–H groups in total. The summed E-state index contributed by atoms with van der Waals surface area (Å²) >= 11 is 7.26. The highest BCUT2D eigenvalue weighted by Gasteiger charge is 2.09. The van der Waals surface area contributed by atoms with Gasteiger partial charge in [-0.1, -0.05) is 36.0 Å². The van der Waals surface area contributed by atoms with Crippen LogP contribution in [0.5, 0.6) is 5.75 Å². The van der Waals surface area contributed by atoms with E-state index >= 15 is 0 Å². The lowest BCUT2D eigenvalue weighted by atomic mass is 10.1. The van der Waals surface area contributed by atoms with Gasteiger partial charge in [-0.2, -0.15) is 0 Å². The Morgan fingerprint density at radius 1 is 1.17 bits per heavy atom. The topological polar surface area (TPSA) is 35.5 Å². The fourth-order valence-corrected chi connectivity index (χ4v) is 3.08. The van der Waals surface area contributed by atoms with E-state index in [1.54, 1.807) is 11.8 Å². The first-order valence-corrected chi connectivity index (χ1v) is 8.69. The van der Waals surface area contributed by atoms with Gasteiger partial charge in [0.2, 0.25) is 0 Å². The molecule has 0 saturated carbocycles. The number of halogens is 1. The summed E-state index contributed by atoms with van der Waals surface area (Å²) in [6.07, 6.45) is 1.09. The molecular weight excluding hydrogens is 332 g/mol. The van der Waals surface area contributed by atoms with Gasteiger partial charge in [0.15, 0.2) is 0 Å². The normalized spacial score (nSPS) is 10.3. The predicted molar refractivity (Wildman–Crippen MR) is 93.6 cm³/mol. The van der Waals surface area contributed by atoms with Crippen molar-refractivity contribution in [3.63, 3.8) is 0 Å². The first kappa shape index (κ1) is 17.7. The molecule has 0 unspecified atom stereocenters. The maximum Gasteiger partial charge on any atom is 0.310 e. The number of carbonyl (C=O) groups excluding carboxylic acids is 1. The van der Waals surface area contributed by atoms with E-state index in [1.807, 2.05) is 48.5 Å². The standard InChI is InChI=1S/C18H19ClO3S/c1-21-18(20)12-14-6-2-3-9-17(14)23-16-8-4-7-15(13-16)22-11-5-10-19/h2-4,6-9,13H,5,10-12H2,1H3. The lowest BCUT2D eigenvalue weighted by Crippen LogP contribution is -2.05. The SMILES string of the molecule is COC(=O)Cc1ccccc1Sc1cccc(OCCCCl)c1. The molecule has 3 nitrogen and oxygen atoms in total. The number of carbonyl (C=O) groups is 1. The Bertz CT molecular complexity index is 646. The summed E-state index contributed by atoms with van der Waals surface area (Å²) in [5.41, 5.74) is 0.956. The van der Waals surface area contributed by atoms with Crippen LogP contribution in [-0.4, -0.2) is 25.6 Å². The maximum absolute atomic E-state index is 11.5. The highest BCUT2D eigenvalue weighted by Crippen LogP contribution is 2.32. The summed E-state index contributed by atoms with van der Waals surface area (Å²) < 4.78 is 10.4. The molecule has 0 radical (unpaired) electrons. The number of ether oxygens (including phenoxy) is 2. The van der Waals surface area contributed by atoms with Gasteiger partial charge in [0.1, 0.15) is 5.75 Å². The van der Waals surface area contributed by atoms with Crippen LogP contribution in [0, 0.1) is 0 Å². The van der Waals surface area contributed by atoms with Crippen LogP contribution in [-0.2, 0) is 16.0 Å². The van der Waals surface area contributed by atoms with Crippen molar-refractivity contribution in [1.29, 1.82) is 0 Å². The Morgan fingerprint density at radius 2 is 2.00 bits per heavy atom. The summed E-state index contributed by atoms with van der Waals surface area (Å²) in [5.74, 6) is 1.18. The first-order valence-electron chi connectivity index (χ1n) is 7.34. The molecule has 0 fully saturated rings. The van der Waals surface area contributed by atoms with Gasteiger partial charge in [-0.05, 0) is 36.2 Å². The van der Waals surface area contributed by atoms with E-state index in [2.05, 4.69) is 0 Å². The van der Waals surface area contributed by atoms with Crippen LogP contribution in [0.4, 0.5) is 0 Å². The summed E-state index contributed by atoms with van der Waals surface area (Å²) in [5, 5.41) is 0. The summed E-state index contributed by atoms with van der Waals surface area (Å²) in [4.78, 5) is 13.6. The van der Waals surface area contributed by atoms with Crippen LogP contribution in [0.2, 0.25) is 0 Å². The Hall–Kier alpha value is -1.65. The summed E-state index contributed by atoms with van der Waals surface area (Å²) in [6.45, 7) is 0.608. The monoisotopic (exact) mass is 350 g/mol. The predicted octanol–water partition coefficient (Wildman–Crippen LogP) is 4.56. The largest absolute Gasteiger partial charge is 0.494 e. The van der Waals surface area contributed by atoms with Crippen LogP contribution < -0.4 is 4.74 Å². The van der Waals surface area contributed by atoms with Crippen molar-refractivity contribution in [3.8, 4) is 5.75 Å². The van der Waals surface area contributed by atoms with E-state index in [1.165, 1.54) is 7.11 Å². The van der Waals surface area contributed by atoms with Gasteiger partial charge in [-0.25, -0.2) is 0 Å². The van der Waals surface area contributed by atoms with Crippen molar-refractivity contribution in [2.75, 3.05) is 19.6 Å². The minimum absolute atomic E-state index is 0.240. The number of benzene rings is 2. The fraction of sp³-hybridized carbons (Fsp3) is 0.278. The molecule has 0 spiro atoms. The molecule has 0 amide bonds.